The van der Waals surface area contributed by atoms with Gasteiger partial charge in [0.2, 0.25) is 5.91 Å². The summed E-state index contributed by atoms with van der Waals surface area (Å²) in [5.41, 5.74) is 1.62. The molecule has 1 saturated heterocycles. The molecule has 3 rings (SSSR count). The highest BCUT2D eigenvalue weighted by molar-refractivity contribution is 5.85. The fourth-order valence-corrected chi connectivity index (χ4v) is 3.46. The minimum atomic E-state index is -0.269. The van der Waals surface area contributed by atoms with Gasteiger partial charge in [0.15, 0.2) is 0 Å². The molecule has 0 unspecified atom stereocenters. The molecular weight excluding hydrogens is 355 g/mol. The molecular formula is C19H26ClFN4O. The molecule has 2 atom stereocenters. The second-order valence-corrected chi connectivity index (χ2v) is 6.97. The summed E-state index contributed by atoms with van der Waals surface area (Å²) in [5, 5.41) is 7.55. The summed E-state index contributed by atoms with van der Waals surface area (Å²) in [5.74, 6) is -0.257. The lowest BCUT2D eigenvalue weighted by atomic mass is 9.89. The average molecular weight is 381 g/mol. The summed E-state index contributed by atoms with van der Waals surface area (Å²) in [4.78, 5) is 15.0. The van der Waals surface area contributed by atoms with Gasteiger partial charge >= 0.3 is 0 Å². The Morgan fingerprint density at radius 2 is 2.12 bits per heavy atom. The first kappa shape index (κ1) is 20.4. The highest BCUT2D eigenvalue weighted by Gasteiger charge is 2.37. The molecule has 142 valence electrons. The second kappa shape index (κ2) is 8.64. The minimum absolute atomic E-state index is 0. The third-order valence-corrected chi connectivity index (χ3v) is 4.89. The zero-order valence-electron chi connectivity index (χ0n) is 15.4. The molecule has 0 saturated carbocycles. The number of rotatable bonds is 5. The van der Waals surface area contributed by atoms with Gasteiger partial charge in [-0.1, -0.05) is 18.2 Å². The van der Waals surface area contributed by atoms with Crippen molar-refractivity contribution in [2.75, 3.05) is 13.1 Å². The molecule has 2 heterocycles. The third kappa shape index (κ3) is 4.24. The number of nitrogens with zero attached hydrogens (tertiary/aromatic N) is 3. The number of aromatic nitrogens is 2. The lowest BCUT2D eigenvalue weighted by Gasteiger charge is -2.31. The highest BCUT2D eigenvalue weighted by atomic mass is 35.5. The zero-order valence-corrected chi connectivity index (χ0v) is 16.2. The Labute approximate surface area is 160 Å². The summed E-state index contributed by atoms with van der Waals surface area (Å²) in [6.45, 7) is 5.63. The Bertz CT molecular complexity index is 749. The molecule has 0 spiro atoms. The van der Waals surface area contributed by atoms with Crippen LogP contribution in [0.4, 0.5) is 4.39 Å². The van der Waals surface area contributed by atoms with Crippen LogP contribution in [0.3, 0.4) is 0 Å². The van der Waals surface area contributed by atoms with Crippen LogP contribution in [0.5, 0.6) is 0 Å². The van der Waals surface area contributed by atoms with Crippen molar-refractivity contribution in [3.05, 3.63) is 53.6 Å². The van der Waals surface area contributed by atoms with Gasteiger partial charge in [0.1, 0.15) is 5.82 Å². The van der Waals surface area contributed by atoms with Crippen molar-refractivity contribution >= 4 is 18.3 Å². The zero-order chi connectivity index (χ0) is 18.0. The van der Waals surface area contributed by atoms with Crippen molar-refractivity contribution in [3.63, 3.8) is 0 Å². The summed E-state index contributed by atoms with van der Waals surface area (Å²) in [6, 6.07) is 6.65. The van der Waals surface area contributed by atoms with Gasteiger partial charge in [0, 0.05) is 50.4 Å². The minimum Gasteiger partial charge on any atom is -0.336 e. The average Bonchev–Trinajstić information content (AvgIpc) is 3.21. The van der Waals surface area contributed by atoms with Crippen LogP contribution >= 0.6 is 12.4 Å². The van der Waals surface area contributed by atoms with E-state index in [0.29, 0.717) is 18.7 Å². The Hall–Kier alpha value is -1.92. The van der Waals surface area contributed by atoms with Gasteiger partial charge in [0.05, 0.1) is 12.1 Å². The molecule has 1 aromatic heterocycles. The Morgan fingerprint density at radius 3 is 2.73 bits per heavy atom. The maximum absolute atomic E-state index is 14.0. The maximum atomic E-state index is 14.0. The Kier molecular flexibility index (Phi) is 6.78. The lowest BCUT2D eigenvalue weighted by Crippen LogP contribution is -2.42. The second-order valence-electron chi connectivity index (χ2n) is 6.97. The quantitative estimate of drug-likeness (QED) is 0.867. The molecule has 1 aromatic carbocycles. The number of carbonyl (C=O) groups excluding carboxylic acids is 1. The molecule has 1 amide bonds. The van der Waals surface area contributed by atoms with Crippen molar-refractivity contribution in [1.29, 1.82) is 0 Å². The first-order chi connectivity index (χ1) is 12.0. The summed E-state index contributed by atoms with van der Waals surface area (Å²) in [6.07, 6.45) is 3.79. The van der Waals surface area contributed by atoms with E-state index in [1.54, 1.807) is 27.8 Å². The van der Waals surface area contributed by atoms with Crippen LogP contribution in [-0.2, 0) is 18.4 Å². The van der Waals surface area contributed by atoms with Gasteiger partial charge in [-0.05, 0) is 25.5 Å². The number of carbonyl (C=O) groups is 1. The molecule has 0 radical (unpaired) electrons. The first-order valence-electron chi connectivity index (χ1n) is 8.70. The highest BCUT2D eigenvalue weighted by Crippen LogP contribution is 2.30. The Balaban J connectivity index is 0.00000243. The lowest BCUT2D eigenvalue weighted by molar-refractivity contribution is -0.137. The van der Waals surface area contributed by atoms with Crippen molar-refractivity contribution < 1.29 is 9.18 Å². The van der Waals surface area contributed by atoms with Gasteiger partial charge in [-0.3, -0.25) is 9.48 Å². The van der Waals surface area contributed by atoms with Crippen LogP contribution in [-0.4, -0.2) is 39.7 Å². The summed E-state index contributed by atoms with van der Waals surface area (Å²) >= 11 is 0. The van der Waals surface area contributed by atoms with E-state index in [2.05, 4.69) is 10.4 Å². The summed E-state index contributed by atoms with van der Waals surface area (Å²) in [7, 11) is 1.88. The van der Waals surface area contributed by atoms with Crippen LogP contribution in [0, 0.1) is 11.7 Å². The van der Waals surface area contributed by atoms with Crippen LogP contribution in [0.1, 0.15) is 30.9 Å². The molecule has 26 heavy (non-hydrogen) atoms. The number of benzene rings is 1. The SMILES string of the molecule is CC(C)N(Cc1ccccc1F)C(=O)[C@H]1CNC[C@@H]1c1cnn(C)c1.Cl. The largest absolute Gasteiger partial charge is 0.336 e. The number of hydrogen-bond acceptors (Lipinski definition) is 3. The fourth-order valence-electron chi connectivity index (χ4n) is 3.46. The fraction of sp³-hybridized carbons (Fsp3) is 0.474. The number of nitrogens with one attached hydrogen (secondary N) is 1. The predicted octanol–water partition coefficient (Wildman–Crippen LogP) is 2.72. The van der Waals surface area contributed by atoms with E-state index in [0.717, 1.165) is 12.1 Å². The molecule has 7 heteroatoms. The molecule has 0 aliphatic carbocycles. The standard InChI is InChI=1S/C19H25FN4O.ClH/c1-13(2)24(12-14-6-4-5-7-18(14)20)19(25)17-10-21-9-16(17)15-8-22-23(3)11-15;/h4-8,11,13,16-17,21H,9-10,12H2,1-3H3;1H/t16-,17+;/m1./s1. The molecule has 1 aliphatic heterocycles. The number of amides is 1. The van der Waals surface area contributed by atoms with E-state index in [1.165, 1.54) is 6.07 Å². The van der Waals surface area contributed by atoms with E-state index in [-0.39, 0.29) is 42.0 Å². The van der Waals surface area contributed by atoms with E-state index >= 15 is 0 Å². The molecule has 1 N–H and O–H groups in total. The predicted molar refractivity (Wildman–Crippen MR) is 102 cm³/mol. The van der Waals surface area contributed by atoms with Crippen LogP contribution in [0.25, 0.3) is 0 Å². The van der Waals surface area contributed by atoms with E-state index in [4.69, 9.17) is 0 Å². The van der Waals surface area contributed by atoms with Gasteiger partial charge in [0.25, 0.3) is 0 Å². The van der Waals surface area contributed by atoms with Crippen LogP contribution in [0.2, 0.25) is 0 Å². The summed E-state index contributed by atoms with van der Waals surface area (Å²) < 4.78 is 15.8. The van der Waals surface area contributed by atoms with Gasteiger partial charge in [-0.2, -0.15) is 5.10 Å². The molecule has 2 aromatic rings. The smallest absolute Gasteiger partial charge is 0.228 e. The molecule has 1 aliphatic rings. The van der Waals surface area contributed by atoms with E-state index < -0.39 is 0 Å². The van der Waals surface area contributed by atoms with Crippen molar-refractivity contribution in [1.82, 2.24) is 20.0 Å². The van der Waals surface area contributed by atoms with Gasteiger partial charge < -0.3 is 10.2 Å². The van der Waals surface area contributed by atoms with Crippen molar-refractivity contribution in [2.45, 2.75) is 32.4 Å². The first-order valence-corrected chi connectivity index (χ1v) is 8.70. The Morgan fingerprint density at radius 1 is 1.38 bits per heavy atom. The number of hydrogen-bond donors (Lipinski definition) is 1. The van der Waals surface area contributed by atoms with Crippen LogP contribution in [0.15, 0.2) is 36.7 Å². The maximum Gasteiger partial charge on any atom is 0.228 e. The van der Waals surface area contributed by atoms with E-state index in [9.17, 15) is 9.18 Å². The van der Waals surface area contributed by atoms with E-state index in [1.807, 2.05) is 33.3 Å². The van der Waals surface area contributed by atoms with Gasteiger partial charge in [-0.25, -0.2) is 4.39 Å². The van der Waals surface area contributed by atoms with Crippen molar-refractivity contribution in [2.24, 2.45) is 13.0 Å². The number of halogens is 2. The van der Waals surface area contributed by atoms with Crippen LogP contribution < -0.4 is 5.32 Å². The number of aryl methyl sites for hydroxylation is 1. The topological polar surface area (TPSA) is 50.2 Å². The molecule has 0 bridgehead atoms. The monoisotopic (exact) mass is 380 g/mol. The normalized spacial score (nSPS) is 19.4. The third-order valence-electron chi connectivity index (χ3n) is 4.89. The molecule has 1 fully saturated rings. The van der Waals surface area contributed by atoms with Crippen molar-refractivity contribution in [3.8, 4) is 0 Å². The molecule has 5 nitrogen and oxygen atoms in total. The van der Waals surface area contributed by atoms with Gasteiger partial charge in [-0.15, -0.1) is 12.4 Å².